The van der Waals surface area contributed by atoms with Gasteiger partial charge in [-0.3, -0.25) is 4.79 Å². The summed E-state index contributed by atoms with van der Waals surface area (Å²) in [6, 6.07) is 7.35. The van der Waals surface area contributed by atoms with Crippen molar-refractivity contribution in [2.24, 2.45) is 0 Å². The normalized spacial score (nSPS) is 12.3. The number of hydrogen-bond donors (Lipinski definition) is 1. The standard InChI is InChI=1S/C21H29ClN2O5/c1-15(2)28-11-10-27-14-16(25)13-24(3)21(26)9-8-20-23-12-19(29-20)17-6-4-5-7-18(17)22/h4-7,12,15-16,25H,8-11,13-14H2,1-3H3. The highest BCUT2D eigenvalue weighted by molar-refractivity contribution is 6.33. The number of benzene rings is 1. The summed E-state index contributed by atoms with van der Waals surface area (Å²) in [6.45, 7) is 5.13. The van der Waals surface area contributed by atoms with Gasteiger partial charge in [0.15, 0.2) is 11.7 Å². The van der Waals surface area contributed by atoms with Gasteiger partial charge in [-0.1, -0.05) is 23.7 Å². The maximum absolute atomic E-state index is 12.3. The molecule has 160 valence electrons. The average Bonchev–Trinajstić information content (AvgIpc) is 3.14. The van der Waals surface area contributed by atoms with Gasteiger partial charge in [0.05, 0.1) is 43.2 Å². The van der Waals surface area contributed by atoms with E-state index < -0.39 is 6.10 Å². The van der Waals surface area contributed by atoms with Gasteiger partial charge in [0.2, 0.25) is 5.91 Å². The molecule has 0 radical (unpaired) electrons. The summed E-state index contributed by atoms with van der Waals surface area (Å²) in [5.74, 6) is 0.931. The quantitative estimate of drug-likeness (QED) is 0.527. The van der Waals surface area contributed by atoms with E-state index in [0.29, 0.717) is 36.3 Å². The molecular formula is C21H29ClN2O5. The molecule has 8 heteroatoms. The fourth-order valence-corrected chi connectivity index (χ4v) is 2.88. The summed E-state index contributed by atoms with van der Waals surface area (Å²) >= 11 is 6.16. The molecule has 2 aromatic rings. The number of aromatic nitrogens is 1. The van der Waals surface area contributed by atoms with E-state index in [1.54, 1.807) is 19.3 Å². The predicted molar refractivity (Wildman–Crippen MR) is 111 cm³/mol. The van der Waals surface area contributed by atoms with Crippen LogP contribution in [0.1, 0.15) is 26.2 Å². The van der Waals surface area contributed by atoms with E-state index in [0.717, 1.165) is 5.56 Å². The Hall–Kier alpha value is -1.93. The fourth-order valence-electron chi connectivity index (χ4n) is 2.65. The molecule has 0 saturated carbocycles. The van der Waals surface area contributed by atoms with E-state index in [2.05, 4.69) is 4.98 Å². The lowest BCUT2D eigenvalue weighted by Gasteiger charge is -2.20. The minimum atomic E-state index is -0.753. The van der Waals surface area contributed by atoms with Gasteiger partial charge in [0.25, 0.3) is 0 Å². The van der Waals surface area contributed by atoms with Crippen LogP contribution in [0, 0.1) is 0 Å². The first-order chi connectivity index (χ1) is 13.9. The Morgan fingerprint density at radius 1 is 1.31 bits per heavy atom. The highest BCUT2D eigenvalue weighted by atomic mass is 35.5. The van der Waals surface area contributed by atoms with E-state index in [1.165, 1.54) is 4.90 Å². The number of oxazole rings is 1. The maximum Gasteiger partial charge on any atom is 0.222 e. The molecule has 29 heavy (non-hydrogen) atoms. The lowest BCUT2D eigenvalue weighted by Crippen LogP contribution is -2.36. The van der Waals surface area contributed by atoms with Crippen molar-refractivity contribution in [1.82, 2.24) is 9.88 Å². The van der Waals surface area contributed by atoms with E-state index in [9.17, 15) is 9.90 Å². The van der Waals surface area contributed by atoms with Gasteiger partial charge in [-0.15, -0.1) is 0 Å². The highest BCUT2D eigenvalue weighted by Crippen LogP contribution is 2.28. The van der Waals surface area contributed by atoms with Gasteiger partial charge in [-0.2, -0.15) is 0 Å². The van der Waals surface area contributed by atoms with Gasteiger partial charge in [-0.25, -0.2) is 4.98 Å². The Morgan fingerprint density at radius 3 is 2.79 bits per heavy atom. The second-order valence-electron chi connectivity index (χ2n) is 7.02. The molecule has 0 spiro atoms. The van der Waals surface area contributed by atoms with Crippen molar-refractivity contribution in [2.75, 3.05) is 33.4 Å². The Kier molecular flexibility index (Phi) is 9.60. The topological polar surface area (TPSA) is 85.0 Å². The van der Waals surface area contributed by atoms with Crippen molar-refractivity contribution in [2.45, 2.75) is 38.9 Å². The molecule has 2 rings (SSSR count). The first kappa shape index (κ1) is 23.3. The van der Waals surface area contributed by atoms with E-state index in [1.807, 2.05) is 32.0 Å². The largest absolute Gasteiger partial charge is 0.441 e. The van der Waals surface area contributed by atoms with Crippen LogP contribution in [0.25, 0.3) is 11.3 Å². The van der Waals surface area contributed by atoms with Crippen LogP contribution in [0.5, 0.6) is 0 Å². The van der Waals surface area contributed by atoms with Gasteiger partial charge in [0, 0.05) is 32.0 Å². The van der Waals surface area contributed by atoms with E-state index in [4.69, 9.17) is 25.5 Å². The highest BCUT2D eigenvalue weighted by Gasteiger charge is 2.16. The number of likely N-dealkylation sites (N-methyl/N-ethyl adjacent to an activating group) is 1. The molecule has 1 amide bonds. The number of carbonyl (C=O) groups excluding carboxylic acids is 1. The third kappa shape index (κ3) is 8.14. The Morgan fingerprint density at radius 2 is 2.07 bits per heavy atom. The minimum Gasteiger partial charge on any atom is -0.441 e. The minimum absolute atomic E-state index is 0.107. The zero-order chi connectivity index (χ0) is 21.2. The third-order valence-electron chi connectivity index (χ3n) is 4.15. The Bertz CT molecular complexity index is 765. The molecule has 1 aromatic heterocycles. The van der Waals surface area contributed by atoms with Crippen LogP contribution in [-0.2, 0) is 20.7 Å². The lowest BCUT2D eigenvalue weighted by atomic mass is 10.2. The van der Waals surface area contributed by atoms with Gasteiger partial charge in [-0.05, 0) is 26.0 Å². The molecule has 0 aliphatic rings. The summed E-state index contributed by atoms with van der Waals surface area (Å²) < 4.78 is 16.4. The zero-order valence-electron chi connectivity index (χ0n) is 17.1. The molecule has 0 aliphatic carbocycles. The van der Waals surface area contributed by atoms with Crippen molar-refractivity contribution in [3.05, 3.63) is 41.4 Å². The first-order valence-corrected chi connectivity index (χ1v) is 10.1. The number of halogens is 1. The first-order valence-electron chi connectivity index (χ1n) is 9.67. The van der Waals surface area contributed by atoms with Crippen LogP contribution >= 0.6 is 11.6 Å². The van der Waals surface area contributed by atoms with Crippen LogP contribution < -0.4 is 0 Å². The smallest absolute Gasteiger partial charge is 0.222 e. The molecule has 0 fully saturated rings. The van der Waals surface area contributed by atoms with Gasteiger partial charge < -0.3 is 23.9 Å². The summed E-state index contributed by atoms with van der Waals surface area (Å²) in [5.41, 5.74) is 0.762. The number of rotatable bonds is 12. The Labute approximate surface area is 176 Å². The zero-order valence-corrected chi connectivity index (χ0v) is 17.9. The van der Waals surface area contributed by atoms with Crippen molar-refractivity contribution in [1.29, 1.82) is 0 Å². The maximum atomic E-state index is 12.3. The number of aryl methyl sites for hydroxylation is 1. The average molecular weight is 425 g/mol. The van der Waals surface area contributed by atoms with E-state index >= 15 is 0 Å². The number of aliphatic hydroxyl groups is 1. The monoisotopic (exact) mass is 424 g/mol. The molecule has 1 heterocycles. The molecule has 1 unspecified atom stereocenters. The Balaban J connectivity index is 1.71. The van der Waals surface area contributed by atoms with Crippen molar-refractivity contribution in [3.63, 3.8) is 0 Å². The lowest BCUT2D eigenvalue weighted by molar-refractivity contribution is -0.131. The summed E-state index contributed by atoms with van der Waals surface area (Å²) in [5, 5.41) is 10.6. The number of aliphatic hydroxyl groups excluding tert-OH is 1. The number of hydrogen-bond acceptors (Lipinski definition) is 6. The molecule has 0 aliphatic heterocycles. The molecule has 1 N–H and O–H groups in total. The summed E-state index contributed by atoms with van der Waals surface area (Å²) in [6.07, 6.45) is 1.60. The third-order valence-corrected chi connectivity index (χ3v) is 4.47. The van der Waals surface area contributed by atoms with Crippen LogP contribution in [-0.4, -0.2) is 66.5 Å². The summed E-state index contributed by atoms with van der Waals surface area (Å²) in [7, 11) is 1.65. The van der Waals surface area contributed by atoms with Crippen molar-refractivity contribution < 1.29 is 23.8 Å². The molecule has 0 saturated heterocycles. The predicted octanol–water partition coefficient (Wildman–Crippen LogP) is 3.19. The van der Waals surface area contributed by atoms with Crippen LogP contribution in [0.15, 0.2) is 34.9 Å². The van der Waals surface area contributed by atoms with Crippen molar-refractivity contribution >= 4 is 17.5 Å². The van der Waals surface area contributed by atoms with Crippen LogP contribution in [0.4, 0.5) is 0 Å². The fraction of sp³-hybridized carbons (Fsp3) is 0.524. The number of amides is 1. The second kappa shape index (κ2) is 11.9. The summed E-state index contributed by atoms with van der Waals surface area (Å²) in [4.78, 5) is 18.0. The molecular weight excluding hydrogens is 396 g/mol. The molecule has 0 bridgehead atoms. The van der Waals surface area contributed by atoms with E-state index in [-0.39, 0.29) is 31.6 Å². The van der Waals surface area contributed by atoms with Crippen LogP contribution in [0.2, 0.25) is 5.02 Å². The molecule has 7 nitrogen and oxygen atoms in total. The van der Waals surface area contributed by atoms with Crippen molar-refractivity contribution in [3.8, 4) is 11.3 Å². The SMILES string of the molecule is CC(C)OCCOCC(O)CN(C)C(=O)CCc1ncc(-c2ccccc2Cl)o1. The van der Waals surface area contributed by atoms with Gasteiger partial charge in [0.1, 0.15) is 0 Å². The number of ether oxygens (including phenoxy) is 2. The number of nitrogens with zero attached hydrogens (tertiary/aromatic N) is 2. The number of carbonyl (C=O) groups is 1. The second-order valence-corrected chi connectivity index (χ2v) is 7.43. The van der Waals surface area contributed by atoms with Gasteiger partial charge >= 0.3 is 0 Å². The molecule has 1 aromatic carbocycles. The van der Waals surface area contributed by atoms with Crippen LogP contribution in [0.3, 0.4) is 0 Å². The molecule has 1 atom stereocenters.